The van der Waals surface area contributed by atoms with Crippen LogP contribution in [0, 0.1) is 12.5 Å². The highest BCUT2D eigenvalue weighted by molar-refractivity contribution is 5.46. The number of piperidine rings is 1. The van der Waals surface area contributed by atoms with E-state index in [1.165, 1.54) is 0 Å². The van der Waals surface area contributed by atoms with E-state index in [2.05, 4.69) is 28.6 Å². The number of rotatable bonds is 6. The first-order chi connectivity index (χ1) is 13.0. The van der Waals surface area contributed by atoms with Crippen molar-refractivity contribution in [2.45, 2.75) is 38.8 Å². The molecule has 6 nitrogen and oxygen atoms in total. The summed E-state index contributed by atoms with van der Waals surface area (Å²) >= 11 is 0. The fraction of sp³-hybridized carbons (Fsp3) is 0.524. The van der Waals surface area contributed by atoms with Crippen LogP contribution in [-0.2, 0) is 7.05 Å². The molecule has 2 heterocycles. The number of nitrogens with zero attached hydrogens (tertiary/aromatic N) is 4. The number of imidazole rings is 1. The summed E-state index contributed by atoms with van der Waals surface area (Å²) in [7, 11) is 1.86. The standard InChI is InChI=1S/C21H28N4O2/c1-15(2)25-11-9-16(10-12-25)14-27-21-23-13-19(24(21)4)20(26)17-5-7-18(22-3)8-6-17/h5-8,13,15-16,20,26H,9-12,14H2,1-2,4H3. The zero-order valence-electron chi connectivity index (χ0n) is 16.3. The third kappa shape index (κ3) is 4.49. The fourth-order valence-corrected chi connectivity index (χ4v) is 3.52. The highest BCUT2D eigenvalue weighted by Crippen LogP contribution is 2.27. The van der Waals surface area contributed by atoms with Gasteiger partial charge in [-0.05, 0) is 51.3 Å². The van der Waals surface area contributed by atoms with Crippen LogP contribution >= 0.6 is 0 Å². The van der Waals surface area contributed by atoms with Crippen molar-refractivity contribution in [1.82, 2.24) is 14.5 Å². The molecule has 6 heteroatoms. The van der Waals surface area contributed by atoms with Crippen molar-refractivity contribution in [2.24, 2.45) is 13.0 Å². The van der Waals surface area contributed by atoms with Gasteiger partial charge in [-0.25, -0.2) is 9.83 Å². The summed E-state index contributed by atoms with van der Waals surface area (Å²) in [6.45, 7) is 14.4. The Bertz CT molecular complexity index is 784. The molecule has 144 valence electrons. The molecule has 0 radical (unpaired) electrons. The largest absolute Gasteiger partial charge is 0.464 e. The Labute approximate surface area is 161 Å². The van der Waals surface area contributed by atoms with Gasteiger partial charge in [-0.2, -0.15) is 0 Å². The lowest BCUT2D eigenvalue weighted by atomic mass is 9.97. The minimum Gasteiger partial charge on any atom is -0.464 e. The molecular weight excluding hydrogens is 340 g/mol. The maximum atomic E-state index is 10.6. The van der Waals surface area contributed by atoms with E-state index < -0.39 is 6.10 Å². The molecule has 1 aromatic heterocycles. The predicted octanol–water partition coefficient (Wildman–Crippen LogP) is 3.55. The first-order valence-electron chi connectivity index (χ1n) is 9.53. The second kappa shape index (κ2) is 8.55. The minimum atomic E-state index is -0.797. The Morgan fingerprint density at radius 2 is 1.93 bits per heavy atom. The maximum absolute atomic E-state index is 10.6. The van der Waals surface area contributed by atoms with Gasteiger partial charge in [-0.3, -0.25) is 4.57 Å². The molecule has 1 fully saturated rings. The van der Waals surface area contributed by atoms with Crippen LogP contribution in [0.25, 0.3) is 4.85 Å². The first-order valence-corrected chi connectivity index (χ1v) is 9.53. The minimum absolute atomic E-state index is 0.535. The van der Waals surface area contributed by atoms with Gasteiger partial charge in [-0.15, -0.1) is 0 Å². The maximum Gasteiger partial charge on any atom is 0.296 e. The van der Waals surface area contributed by atoms with Gasteiger partial charge in [0.1, 0.15) is 6.10 Å². The van der Waals surface area contributed by atoms with Crippen LogP contribution in [0.3, 0.4) is 0 Å². The van der Waals surface area contributed by atoms with Gasteiger partial charge in [0.2, 0.25) is 0 Å². The Balaban J connectivity index is 1.59. The number of benzene rings is 1. The molecule has 1 aliphatic heterocycles. The van der Waals surface area contributed by atoms with E-state index in [0.29, 0.717) is 36.0 Å². The van der Waals surface area contributed by atoms with Crippen molar-refractivity contribution in [3.63, 3.8) is 0 Å². The summed E-state index contributed by atoms with van der Waals surface area (Å²) in [6, 6.07) is 8.11. The lowest BCUT2D eigenvalue weighted by Crippen LogP contribution is -2.39. The smallest absolute Gasteiger partial charge is 0.296 e. The molecule has 3 rings (SSSR count). The second-order valence-electron chi connectivity index (χ2n) is 7.51. The van der Waals surface area contributed by atoms with Crippen LogP contribution in [0.15, 0.2) is 30.5 Å². The fourth-order valence-electron chi connectivity index (χ4n) is 3.52. The van der Waals surface area contributed by atoms with E-state index in [-0.39, 0.29) is 0 Å². The molecule has 1 atom stereocenters. The molecule has 0 spiro atoms. The zero-order valence-corrected chi connectivity index (χ0v) is 16.3. The SMILES string of the molecule is [C-]#[N+]c1ccc(C(O)c2cnc(OCC3CCN(C(C)C)CC3)n2C)cc1. The van der Waals surface area contributed by atoms with Gasteiger partial charge in [0.25, 0.3) is 6.01 Å². The second-order valence-corrected chi connectivity index (χ2v) is 7.51. The van der Waals surface area contributed by atoms with E-state index in [9.17, 15) is 5.11 Å². The summed E-state index contributed by atoms with van der Waals surface area (Å²) in [5.74, 6) is 0.547. The van der Waals surface area contributed by atoms with Gasteiger partial charge in [0, 0.05) is 13.1 Å². The van der Waals surface area contributed by atoms with Gasteiger partial charge in [0.15, 0.2) is 5.69 Å². The first kappa shape index (κ1) is 19.4. The van der Waals surface area contributed by atoms with Crippen molar-refractivity contribution >= 4 is 5.69 Å². The highest BCUT2D eigenvalue weighted by Gasteiger charge is 2.23. The average Bonchev–Trinajstić information content (AvgIpc) is 3.06. The molecular formula is C21H28N4O2. The topological polar surface area (TPSA) is 54.9 Å². The van der Waals surface area contributed by atoms with Gasteiger partial charge in [-0.1, -0.05) is 24.3 Å². The third-order valence-electron chi connectivity index (χ3n) is 5.43. The van der Waals surface area contributed by atoms with E-state index in [1.54, 1.807) is 35.0 Å². The van der Waals surface area contributed by atoms with Crippen LogP contribution in [0.1, 0.15) is 44.1 Å². The average molecular weight is 368 g/mol. The molecule has 1 saturated heterocycles. The van der Waals surface area contributed by atoms with Crippen LogP contribution in [0.4, 0.5) is 5.69 Å². The number of likely N-dealkylation sites (tertiary alicyclic amines) is 1. The third-order valence-corrected chi connectivity index (χ3v) is 5.43. The summed E-state index contributed by atoms with van der Waals surface area (Å²) in [5.41, 5.74) is 1.97. The summed E-state index contributed by atoms with van der Waals surface area (Å²) < 4.78 is 7.76. The van der Waals surface area contributed by atoms with Crippen LogP contribution in [-0.4, -0.2) is 45.3 Å². The van der Waals surface area contributed by atoms with Crippen molar-refractivity contribution < 1.29 is 9.84 Å². The normalized spacial score (nSPS) is 17.0. The number of aromatic nitrogens is 2. The molecule has 1 unspecified atom stereocenters. The molecule has 2 aromatic rings. The van der Waals surface area contributed by atoms with Crippen molar-refractivity contribution in [1.29, 1.82) is 0 Å². The number of hydrogen-bond donors (Lipinski definition) is 1. The van der Waals surface area contributed by atoms with E-state index in [1.807, 2.05) is 7.05 Å². The molecule has 1 aliphatic rings. The summed E-state index contributed by atoms with van der Waals surface area (Å²) in [5, 5.41) is 10.6. The van der Waals surface area contributed by atoms with Crippen molar-refractivity contribution in [2.75, 3.05) is 19.7 Å². The predicted molar refractivity (Wildman–Crippen MR) is 105 cm³/mol. The van der Waals surface area contributed by atoms with Crippen LogP contribution in [0.2, 0.25) is 0 Å². The van der Waals surface area contributed by atoms with Crippen LogP contribution in [0.5, 0.6) is 6.01 Å². The lowest BCUT2D eigenvalue weighted by Gasteiger charge is -2.34. The van der Waals surface area contributed by atoms with Gasteiger partial charge >= 0.3 is 0 Å². The summed E-state index contributed by atoms with van der Waals surface area (Å²) in [4.78, 5) is 10.2. The summed E-state index contributed by atoms with van der Waals surface area (Å²) in [6.07, 6.45) is 3.15. The Morgan fingerprint density at radius 3 is 2.52 bits per heavy atom. The molecule has 0 saturated carbocycles. The van der Waals surface area contributed by atoms with E-state index in [4.69, 9.17) is 11.3 Å². The van der Waals surface area contributed by atoms with Crippen LogP contribution < -0.4 is 4.74 Å². The Hall–Kier alpha value is -2.36. The van der Waals surface area contributed by atoms with Gasteiger partial charge < -0.3 is 14.7 Å². The van der Waals surface area contributed by atoms with Crippen molar-refractivity contribution in [3.05, 3.63) is 53.1 Å². The number of aliphatic hydroxyl groups excluding tert-OH is 1. The molecule has 0 aliphatic carbocycles. The van der Waals surface area contributed by atoms with Crippen molar-refractivity contribution in [3.8, 4) is 6.01 Å². The van der Waals surface area contributed by atoms with E-state index in [0.717, 1.165) is 31.5 Å². The molecule has 0 amide bonds. The molecule has 27 heavy (non-hydrogen) atoms. The molecule has 1 aromatic carbocycles. The highest BCUT2D eigenvalue weighted by atomic mass is 16.5. The number of aliphatic hydroxyl groups is 1. The van der Waals surface area contributed by atoms with Gasteiger partial charge in [0.05, 0.1) is 25.1 Å². The zero-order chi connectivity index (χ0) is 19.4. The monoisotopic (exact) mass is 368 g/mol. The Morgan fingerprint density at radius 1 is 1.26 bits per heavy atom. The number of ether oxygens (including phenoxy) is 1. The lowest BCUT2D eigenvalue weighted by molar-refractivity contribution is 0.114. The quantitative estimate of drug-likeness (QED) is 0.792. The molecule has 0 bridgehead atoms. The number of hydrogen-bond acceptors (Lipinski definition) is 4. The molecule has 1 N–H and O–H groups in total. The van der Waals surface area contributed by atoms with E-state index >= 15 is 0 Å². The Kier molecular flexibility index (Phi) is 6.15.